The van der Waals surface area contributed by atoms with Crippen molar-refractivity contribution in [2.24, 2.45) is 0 Å². The van der Waals surface area contributed by atoms with Crippen LogP contribution in [-0.4, -0.2) is 46.9 Å². The molecule has 0 bridgehead atoms. The fraction of sp³-hybridized carbons (Fsp3) is 0.444. The molecule has 23 heavy (non-hydrogen) atoms. The average molecular weight is 329 g/mol. The molecule has 2 aromatic rings. The third kappa shape index (κ3) is 4.18. The lowest BCUT2D eigenvalue weighted by atomic mass is 10.2. The normalized spacial score (nSPS) is 15.8. The molecule has 1 aliphatic rings. The molecule has 0 radical (unpaired) electrons. The first-order valence-corrected chi connectivity index (χ1v) is 9.14. The largest absolute Gasteiger partial charge is 0.340 e. The summed E-state index contributed by atoms with van der Waals surface area (Å²) >= 11 is 1.70. The second-order valence-corrected chi connectivity index (χ2v) is 6.78. The minimum Gasteiger partial charge on any atom is -0.340 e. The Morgan fingerprint density at radius 1 is 1.17 bits per heavy atom. The van der Waals surface area contributed by atoms with Crippen molar-refractivity contribution in [3.05, 3.63) is 41.4 Å². The maximum atomic E-state index is 11.9. The summed E-state index contributed by atoms with van der Waals surface area (Å²) in [6.07, 6.45) is 1.60. The second-order valence-electron chi connectivity index (χ2n) is 5.92. The maximum Gasteiger partial charge on any atom is 0.222 e. The molecule has 1 amide bonds. The van der Waals surface area contributed by atoms with Gasteiger partial charge in [0.1, 0.15) is 5.01 Å². The number of amides is 1. The minimum atomic E-state index is 0.298. The highest BCUT2D eigenvalue weighted by Gasteiger charge is 2.21. The van der Waals surface area contributed by atoms with Gasteiger partial charge in [-0.05, 0) is 6.42 Å². The summed E-state index contributed by atoms with van der Waals surface area (Å²) in [5.41, 5.74) is 2.31. The van der Waals surface area contributed by atoms with Gasteiger partial charge in [0, 0.05) is 50.1 Å². The number of hydrogen-bond acceptors (Lipinski definition) is 4. The van der Waals surface area contributed by atoms with Crippen molar-refractivity contribution in [2.75, 3.05) is 26.2 Å². The van der Waals surface area contributed by atoms with E-state index in [0.717, 1.165) is 49.8 Å². The molecule has 5 heteroatoms. The van der Waals surface area contributed by atoms with E-state index in [2.05, 4.69) is 29.3 Å². The molecule has 0 aliphatic carbocycles. The van der Waals surface area contributed by atoms with Crippen LogP contribution < -0.4 is 0 Å². The van der Waals surface area contributed by atoms with E-state index in [1.165, 1.54) is 5.56 Å². The predicted octanol–water partition coefficient (Wildman–Crippen LogP) is 3.25. The Morgan fingerprint density at radius 2 is 1.91 bits per heavy atom. The van der Waals surface area contributed by atoms with Crippen LogP contribution in [0.25, 0.3) is 10.6 Å². The summed E-state index contributed by atoms with van der Waals surface area (Å²) in [6.45, 7) is 6.49. The maximum absolute atomic E-state index is 11.9. The highest BCUT2D eigenvalue weighted by molar-refractivity contribution is 7.13. The molecule has 1 saturated heterocycles. The zero-order valence-corrected chi connectivity index (χ0v) is 14.4. The first kappa shape index (κ1) is 16.1. The molecule has 3 rings (SSSR count). The fourth-order valence-corrected chi connectivity index (χ4v) is 3.67. The zero-order chi connectivity index (χ0) is 16.1. The Morgan fingerprint density at radius 3 is 2.61 bits per heavy atom. The van der Waals surface area contributed by atoms with Crippen molar-refractivity contribution in [3.63, 3.8) is 0 Å². The molecule has 2 heterocycles. The van der Waals surface area contributed by atoms with E-state index in [4.69, 9.17) is 4.98 Å². The lowest BCUT2D eigenvalue weighted by Crippen LogP contribution is -2.48. The Hall–Kier alpha value is -1.72. The van der Waals surface area contributed by atoms with E-state index in [9.17, 15) is 4.79 Å². The van der Waals surface area contributed by atoms with Gasteiger partial charge in [-0.3, -0.25) is 9.69 Å². The van der Waals surface area contributed by atoms with Gasteiger partial charge in [-0.25, -0.2) is 4.98 Å². The summed E-state index contributed by atoms with van der Waals surface area (Å²) in [4.78, 5) is 21.1. The van der Waals surface area contributed by atoms with E-state index < -0.39 is 0 Å². The van der Waals surface area contributed by atoms with Gasteiger partial charge in [-0.1, -0.05) is 37.3 Å². The van der Waals surface area contributed by atoms with Crippen LogP contribution in [0.4, 0.5) is 0 Å². The van der Waals surface area contributed by atoms with Gasteiger partial charge in [0.25, 0.3) is 0 Å². The molecule has 1 aromatic carbocycles. The van der Waals surface area contributed by atoms with Gasteiger partial charge in [-0.2, -0.15) is 0 Å². The van der Waals surface area contributed by atoms with Crippen LogP contribution in [0.15, 0.2) is 35.7 Å². The summed E-state index contributed by atoms with van der Waals surface area (Å²) in [5, 5.41) is 3.23. The lowest BCUT2D eigenvalue weighted by molar-refractivity contribution is -0.133. The van der Waals surface area contributed by atoms with Crippen molar-refractivity contribution in [2.45, 2.75) is 26.3 Å². The quantitative estimate of drug-likeness (QED) is 0.845. The average Bonchev–Trinajstić information content (AvgIpc) is 3.05. The predicted molar refractivity (Wildman–Crippen MR) is 94.3 cm³/mol. The fourth-order valence-electron chi connectivity index (χ4n) is 2.85. The van der Waals surface area contributed by atoms with Crippen LogP contribution in [0.3, 0.4) is 0 Å². The zero-order valence-electron chi connectivity index (χ0n) is 13.6. The van der Waals surface area contributed by atoms with E-state index in [-0.39, 0.29) is 0 Å². The van der Waals surface area contributed by atoms with Crippen LogP contribution in [-0.2, 0) is 11.3 Å². The number of piperazine rings is 1. The number of carbonyl (C=O) groups is 1. The van der Waals surface area contributed by atoms with Gasteiger partial charge in [0.05, 0.1) is 5.69 Å². The van der Waals surface area contributed by atoms with Crippen LogP contribution in [0.2, 0.25) is 0 Å². The van der Waals surface area contributed by atoms with Crippen LogP contribution in [0.1, 0.15) is 25.5 Å². The smallest absolute Gasteiger partial charge is 0.222 e. The summed E-state index contributed by atoms with van der Waals surface area (Å²) < 4.78 is 0. The standard InChI is InChI=1S/C18H23N3OS/c1-2-6-17(22)21-11-9-20(10-12-21)13-16-14-23-18(19-16)15-7-4-3-5-8-15/h3-5,7-8,14H,2,6,9-13H2,1H3. The second kappa shape index (κ2) is 7.70. The SMILES string of the molecule is CCCC(=O)N1CCN(Cc2csc(-c3ccccc3)n2)CC1. The van der Waals surface area contributed by atoms with Crippen molar-refractivity contribution < 1.29 is 4.79 Å². The van der Waals surface area contributed by atoms with Gasteiger partial charge in [0.15, 0.2) is 0 Å². The topological polar surface area (TPSA) is 36.4 Å². The van der Waals surface area contributed by atoms with Crippen LogP contribution >= 0.6 is 11.3 Å². The van der Waals surface area contributed by atoms with Gasteiger partial charge in [0.2, 0.25) is 5.91 Å². The molecule has 4 nitrogen and oxygen atoms in total. The van der Waals surface area contributed by atoms with Crippen molar-refractivity contribution >= 4 is 17.2 Å². The van der Waals surface area contributed by atoms with Crippen LogP contribution in [0.5, 0.6) is 0 Å². The highest BCUT2D eigenvalue weighted by Crippen LogP contribution is 2.24. The summed E-state index contributed by atoms with van der Waals surface area (Å²) in [6, 6.07) is 10.3. The molecule has 1 aromatic heterocycles. The minimum absolute atomic E-state index is 0.298. The highest BCUT2D eigenvalue weighted by atomic mass is 32.1. The van der Waals surface area contributed by atoms with Gasteiger partial charge in [-0.15, -0.1) is 11.3 Å². The summed E-state index contributed by atoms with van der Waals surface area (Å²) in [5.74, 6) is 0.298. The Labute approximate surface area is 141 Å². The number of benzene rings is 1. The number of rotatable bonds is 5. The van der Waals surface area contributed by atoms with Crippen molar-refractivity contribution in [1.82, 2.24) is 14.8 Å². The molecule has 0 atom stereocenters. The van der Waals surface area contributed by atoms with E-state index >= 15 is 0 Å². The van der Waals surface area contributed by atoms with Crippen molar-refractivity contribution in [3.8, 4) is 10.6 Å². The number of nitrogens with zero attached hydrogens (tertiary/aromatic N) is 3. The van der Waals surface area contributed by atoms with E-state index in [0.29, 0.717) is 12.3 Å². The molecule has 122 valence electrons. The first-order chi connectivity index (χ1) is 11.3. The molecule has 1 fully saturated rings. The number of thiazole rings is 1. The molecule has 0 saturated carbocycles. The molecule has 1 aliphatic heterocycles. The van der Waals surface area contributed by atoms with Crippen LogP contribution in [0, 0.1) is 0 Å². The molecular weight excluding hydrogens is 306 g/mol. The number of hydrogen-bond donors (Lipinski definition) is 0. The third-order valence-corrected chi connectivity index (χ3v) is 5.09. The molecular formula is C18H23N3OS. The molecule has 0 unspecified atom stereocenters. The molecule has 0 spiro atoms. The monoisotopic (exact) mass is 329 g/mol. The van der Waals surface area contributed by atoms with Gasteiger partial charge >= 0.3 is 0 Å². The Kier molecular flexibility index (Phi) is 5.41. The lowest BCUT2D eigenvalue weighted by Gasteiger charge is -2.34. The van der Waals surface area contributed by atoms with Crippen molar-refractivity contribution in [1.29, 1.82) is 0 Å². The van der Waals surface area contributed by atoms with Gasteiger partial charge < -0.3 is 4.90 Å². The Bertz CT molecular complexity index is 633. The number of aromatic nitrogens is 1. The first-order valence-electron chi connectivity index (χ1n) is 8.26. The van der Waals surface area contributed by atoms with E-state index in [1.54, 1.807) is 11.3 Å². The summed E-state index contributed by atoms with van der Waals surface area (Å²) in [7, 11) is 0. The number of carbonyl (C=O) groups excluding carboxylic acids is 1. The van der Waals surface area contributed by atoms with E-state index in [1.807, 2.05) is 23.1 Å². The Balaban J connectivity index is 1.53. The molecule has 0 N–H and O–H groups in total. The third-order valence-electron chi connectivity index (χ3n) is 4.15.